The summed E-state index contributed by atoms with van der Waals surface area (Å²) >= 11 is 0. The highest BCUT2D eigenvalue weighted by Gasteiger charge is 2.48. The highest BCUT2D eigenvalue weighted by Crippen LogP contribution is 2.37. The molecule has 0 bridgehead atoms. The molecule has 0 aromatic heterocycles. The molecule has 0 saturated carbocycles. The van der Waals surface area contributed by atoms with E-state index in [4.69, 9.17) is 5.73 Å². The number of nitro groups is 1. The van der Waals surface area contributed by atoms with E-state index in [-0.39, 0.29) is 11.4 Å². The summed E-state index contributed by atoms with van der Waals surface area (Å²) in [6, 6.07) is 0. The molecule has 0 fully saturated rings. The van der Waals surface area contributed by atoms with Crippen LogP contribution in [0, 0.1) is 10.1 Å². The Kier molecular flexibility index (Phi) is 2.83. The zero-order valence-corrected chi connectivity index (χ0v) is 8.56. The van der Waals surface area contributed by atoms with Gasteiger partial charge in [0.15, 0.2) is 5.54 Å². The largest absolute Gasteiger partial charge is 0.364 e. The Labute approximate surface area is 86.2 Å². The van der Waals surface area contributed by atoms with Gasteiger partial charge in [-0.2, -0.15) is 5.11 Å². The van der Waals surface area contributed by atoms with Crippen molar-refractivity contribution in [3.05, 3.63) is 21.5 Å². The Balaban J connectivity index is 3.33. The van der Waals surface area contributed by atoms with Crippen LogP contribution in [0.5, 0.6) is 0 Å². The second-order valence-corrected chi connectivity index (χ2v) is 3.26. The van der Waals surface area contributed by atoms with Gasteiger partial charge in [-0.15, -0.1) is 5.11 Å². The molecule has 0 aliphatic carbocycles. The Bertz CT molecular complexity index is 368. The average Bonchev–Trinajstić information content (AvgIpc) is 2.57. The maximum atomic E-state index is 10.9. The van der Waals surface area contributed by atoms with Crippen molar-refractivity contribution in [3.63, 3.8) is 0 Å². The van der Waals surface area contributed by atoms with Crippen molar-refractivity contribution in [1.82, 2.24) is 0 Å². The van der Waals surface area contributed by atoms with Crippen molar-refractivity contribution in [1.29, 1.82) is 0 Å². The summed E-state index contributed by atoms with van der Waals surface area (Å²) in [4.78, 5) is 21.2. The predicted octanol–water partition coefficient (Wildman–Crippen LogP) is 0.985. The lowest BCUT2D eigenvalue weighted by Gasteiger charge is -2.18. The van der Waals surface area contributed by atoms with Crippen molar-refractivity contribution in [3.8, 4) is 0 Å². The van der Waals surface area contributed by atoms with Gasteiger partial charge < -0.3 is 5.73 Å². The number of carbonyl (C=O) groups is 1. The third-order valence-electron chi connectivity index (χ3n) is 2.59. The summed E-state index contributed by atoms with van der Waals surface area (Å²) in [5.74, 6) is -0.908. The predicted molar refractivity (Wildman–Crippen MR) is 51.4 cm³/mol. The maximum Gasteiger partial charge on any atom is 0.308 e. The van der Waals surface area contributed by atoms with E-state index >= 15 is 0 Å². The molecule has 1 aliphatic rings. The lowest BCUT2D eigenvalue weighted by molar-refractivity contribution is -0.435. The van der Waals surface area contributed by atoms with Gasteiger partial charge in [0, 0.05) is 0 Å². The molecule has 1 amide bonds. The summed E-state index contributed by atoms with van der Waals surface area (Å²) < 4.78 is 0. The molecule has 0 aromatic carbocycles. The van der Waals surface area contributed by atoms with Crippen LogP contribution in [0.1, 0.15) is 26.7 Å². The van der Waals surface area contributed by atoms with Crippen LogP contribution in [0.25, 0.3) is 0 Å². The lowest BCUT2D eigenvalue weighted by Crippen LogP contribution is -2.31. The molecule has 0 aromatic rings. The number of amides is 1. The molecule has 0 atom stereocenters. The molecule has 15 heavy (non-hydrogen) atoms. The minimum atomic E-state index is -0.992. The van der Waals surface area contributed by atoms with Gasteiger partial charge in [0.05, 0.1) is 4.92 Å². The van der Waals surface area contributed by atoms with Crippen LogP contribution in [-0.2, 0) is 4.79 Å². The monoisotopic (exact) mass is 212 g/mol. The van der Waals surface area contributed by atoms with Crippen molar-refractivity contribution in [2.75, 3.05) is 0 Å². The van der Waals surface area contributed by atoms with E-state index in [1.807, 2.05) is 0 Å². The first-order valence-electron chi connectivity index (χ1n) is 4.60. The van der Waals surface area contributed by atoms with Crippen LogP contribution < -0.4 is 5.73 Å². The fourth-order valence-corrected chi connectivity index (χ4v) is 1.61. The van der Waals surface area contributed by atoms with Crippen molar-refractivity contribution < 1.29 is 9.72 Å². The fourth-order valence-electron chi connectivity index (χ4n) is 1.61. The summed E-state index contributed by atoms with van der Waals surface area (Å²) in [5.41, 5.74) is 3.40. The number of carbonyl (C=O) groups excluding carboxylic acids is 1. The topological polar surface area (TPSA) is 111 Å². The molecule has 1 aliphatic heterocycles. The Morgan fingerprint density at radius 1 is 1.53 bits per heavy atom. The van der Waals surface area contributed by atoms with Crippen molar-refractivity contribution in [2.24, 2.45) is 16.0 Å². The van der Waals surface area contributed by atoms with Crippen LogP contribution >= 0.6 is 0 Å². The molecule has 0 unspecified atom stereocenters. The van der Waals surface area contributed by atoms with Crippen LogP contribution in [0.2, 0.25) is 0 Å². The van der Waals surface area contributed by atoms with E-state index in [1.165, 1.54) is 0 Å². The van der Waals surface area contributed by atoms with Crippen molar-refractivity contribution >= 4 is 5.91 Å². The van der Waals surface area contributed by atoms with Gasteiger partial charge >= 0.3 is 5.70 Å². The summed E-state index contributed by atoms with van der Waals surface area (Å²) in [7, 11) is 0. The van der Waals surface area contributed by atoms with E-state index in [1.54, 1.807) is 13.8 Å². The van der Waals surface area contributed by atoms with Gasteiger partial charge in [-0.1, -0.05) is 13.8 Å². The molecule has 7 nitrogen and oxygen atoms in total. The molecule has 1 heterocycles. The summed E-state index contributed by atoms with van der Waals surface area (Å²) in [6.45, 7) is 3.52. The van der Waals surface area contributed by atoms with Crippen molar-refractivity contribution in [2.45, 2.75) is 32.2 Å². The van der Waals surface area contributed by atoms with E-state index in [0.717, 1.165) is 0 Å². The standard InChI is InChI=1S/C8H12N4O3/c1-3-8(4-2)6(12(14)15)5(7(9)13)10-11-8/h3-4H2,1-2H3,(H2,9,13). The Hall–Kier alpha value is -1.79. The lowest BCUT2D eigenvalue weighted by atomic mass is 9.90. The molecular formula is C8H12N4O3. The molecule has 7 heteroatoms. The molecule has 2 N–H and O–H groups in total. The van der Waals surface area contributed by atoms with Gasteiger partial charge in [-0.25, -0.2) is 0 Å². The van der Waals surface area contributed by atoms with Crippen LogP contribution in [0.3, 0.4) is 0 Å². The van der Waals surface area contributed by atoms with E-state index in [9.17, 15) is 14.9 Å². The minimum absolute atomic E-state index is 0.278. The minimum Gasteiger partial charge on any atom is -0.364 e. The number of nitrogens with zero attached hydrogens (tertiary/aromatic N) is 3. The first-order valence-corrected chi connectivity index (χ1v) is 4.60. The smallest absolute Gasteiger partial charge is 0.308 e. The maximum absolute atomic E-state index is 10.9. The average molecular weight is 212 g/mol. The van der Waals surface area contributed by atoms with Crippen LogP contribution in [0.4, 0.5) is 0 Å². The number of azo groups is 1. The molecule has 1 rings (SSSR count). The molecular weight excluding hydrogens is 200 g/mol. The Morgan fingerprint density at radius 2 is 2.07 bits per heavy atom. The summed E-state index contributed by atoms with van der Waals surface area (Å²) in [6.07, 6.45) is 0.834. The molecule has 0 radical (unpaired) electrons. The second kappa shape index (κ2) is 3.76. The van der Waals surface area contributed by atoms with Gasteiger partial charge in [0.1, 0.15) is 0 Å². The third-order valence-corrected chi connectivity index (χ3v) is 2.59. The van der Waals surface area contributed by atoms with Gasteiger partial charge in [-0.05, 0) is 12.8 Å². The number of primary amides is 1. The van der Waals surface area contributed by atoms with E-state index < -0.39 is 16.4 Å². The van der Waals surface area contributed by atoms with Gasteiger partial charge in [-0.3, -0.25) is 14.9 Å². The van der Waals surface area contributed by atoms with Gasteiger partial charge in [0.2, 0.25) is 5.70 Å². The third kappa shape index (κ3) is 1.60. The highest BCUT2D eigenvalue weighted by atomic mass is 16.6. The summed E-state index contributed by atoms with van der Waals surface area (Å²) in [5, 5.41) is 18.2. The second-order valence-electron chi connectivity index (χ2n) is 3.26. The van der Waals surface area contributed by atoms with E-state index in [2.05, 4.69) is 10.2 Å². The number of hydrogen-bond acceptors (Lipinski definition) is 5. The molecule has 0 spiro atoms. The normalized spacial score (nSPS) is 18.3. The Morgan fingerprint density at radius 3 is 2.40 bits per heavy atom. The van der Waals surface area contributed by atoms with Crippen LogP contribution in [0.15, 0.2) is 21.6 Å². The first-order chi connectivity index (χ1) is 6.98. The van der Waals surface area contributed by atoms with Gasteiger partial charge in [0.25, 0.3) is 5.91 Å². The van der Waals surface area contributed by atoms with Crippen LogP contribution in [-0.4, -0.2) is 16.4 Å². The molecule has 0 saturated heterocycles. The molecule has 82 valence electrons. The SMILES string of the molecule is CCC1(CC)N=NC(C(N)=O)=C1[N+](=O)[O-]. The number of hydrogen-bond donors (Lipinski definition) is 1. The quantitative estimate of drug-likeness (QED) is 0.553. The highest BCUT2D eigenvalue weighted by molar-refractivity contribution is 5.92. The zero-order valence-electron chi connectivity index (χ0n) is 8.56. The van der Waals surface area contributed by atoms with E-state index in [0.29, 0.717) is 12.8 Å². The number of nitrogens with two attached hydrogens (primary N) is 1. The zero-order chi connectivity index (χ0) is 11.6. The number of rotatable bonds is 4. The fraction of sp³-hybridized carbons (Fsp3) is 0.625. The first kappa shape index (κ1) is 11.3.